The highest BCUT2D eigenvalue weighted by Crippen LogP contribution is 2.53. The minimum absolute atomic E-state index is 0.164. The molecule has 198 valence electrons. The van der Waals surface area contributed by atoms with Crippen LogP contribution in [-0.4, -0.2) is 12.6 Å². The molecule has 0 heterocycles. The first kappa shape index (κ1) is 26.4. The Morgan fingerprint density at radius 1 is 0.892 bits per heavy atom. The molecular weight excluding hydrogens is 448 g/mol. The summed E-state index contributed by atoms with van der Waals surface area (Å²) in [5.41, 5.74) is 17.2. The lowest BCUT2D eigenvalue weighted by Crippen LogP contribution is -2.45. The van der Waals surface area contributed by atoms with Crippen LogP contribution in [0.5, 0.6) is 0 Å². The van der Waals surface area contributed by atoms with Crippen molar-refractivity contribution in [1.29, 1.82) is 0 Å². The number of nitrogens with two attached hydrogens (primary N) is 2. The van der Waals surface area contributed by atoms with E-state index >= 15 is 0 Å². The molecule has 8 atom stereocenters. The molecule has 5 aliphatic rings. The van der Waals surface area contributed by atoms with E-state index in [-0.39, 0.29) is 6.04 Å². The van der Waals surface area contributed by atoms with E-state index in [4.69, 9.17) is 11.5 Å². The van der Waals surface area contributed by atoms with Crippen LogP contribution in [0.25, 0.3) is 0 Å². The van der Waals surface area contributed by atoms with Crippen LogP contribution in [0.3, 0.4) is 0 Å². The van der Waals surface area contributed by atoms with Crippen molar-refractivity contribution in [2.24, 2.45) is 52.9 Å². The van der Waals surface area contributed by atoms with Crippen molar-refractivity contribution < 1.29 is 0 Å². The number of hydrogen-bond donors (Lipinski definition) is 2. The maximum Gasteiger partial charge on any atom is 0.0258 e. The molecule has 1 saturated carbocycles. The highest BCUT2D eigenvalue weighted by atomic mass is 14.7. The fraction of sp³-hybridized carbons (Fsp3) is 0.543. The fourth-order valence-corrected chi connectivity index (χ4v) is 8.12. The van der Waals surface area contributed by atoms with E-state index in [1.54, 1.807) is 11.1 Å². The van der Waals surface area contributed by atoms with Crippen LogP contribution in [0.4, 0.5) is 0 Å². The molecule has 0 spiro atoms. The lowest BCUT2D eigenvalue weighted by atomic mass is 9.55. The summed E-state index contributed by atoms with van der Waals surface area (Å²) in [6.45, 7) is 2.91. The third-order valence-electron chi connectivity index (χ3n) is 9.94. The summed E-state index contributed by atoms with van der Waals surface area (Å²) in [7, 11) is 0. The second-order valence-corrected chi connectivity index (χ2v) is 12.0. The highest BCUT2D eigenvalue weighted by Gasteiger charge is 2.45. The molecule has 2 heteroatoms. The Labute approximate surface area is 225 Å². The molecule has 0 aromatic rings. The summed E-state index contributed by atoms with van der Waals surface area (Å²) in [6, 6.07) is 0.164. The van der Waals surface area contributed by atoms with E-state index in [2.05, 4.69) is 85.9 Å². The largest absolute Gasteiger partial charge is 0.330 e. The molecule has 2 nitrogen and oxygen atoms in total. The second kappa shape index (κ2) is 12.6. The standard InChI is InChI=1S/C35H48N2/c1-2-10-35(37)34-23-22-33(30-14-7-8-15-31(30)34)32-21-20-27(28-12-5-6-13-29(28)32)26-18-16-25(17-19-26)11-4-3-9-24-36/h2,5-8,10,12-18,26,29-35H,3-4,9,11,19-24,36-37H2,1H3/b10-2-. The Morgan fingerprint density at radius 2 is 1.73 bits per heavy atom. The first-order valence-corrected chi connectivity index (χ1v) is 15.1. The SMILES string of the molecule is C/C=C\C(N)C1CCC(C2CCC(C3C=CC(CCCCCN)=CC3)=C3C=CC=CC32)C2C=CC=CC21. The van der Waals surface area contributed by atoms with Crippen molar-refractivity contribution >= 4 is 0 Å². The number of hydrogen-bond acceptors (Lipinski definition) is 2. The van der Waals surface area contributed by atoms with Gasteiger partial charge in [-0.05, 0) is 100.0 Å². The van der Waals surface area contributed by atoms with Gasteiger partial charge in [0, 0.05) is 17.9 Å². The van der Waals surface area contributed by atoms with Crippen molar-refractivity contribution in [3.05, 3.63) is 95.7 Å². The third kappa shape index (κ3) is 5.81. The molecule has 0 amide bonds. The topological polar surface area (TPSA) is 52.0 Å². The monoisotopic (exact) mass is 496 g/mol. The van der Waals surface area contributed by atoms with E-state index < -0.39 is 0 Å². The van der Waals surface area contributed by atoms with Crippen molar-refractivity contribution in [1.82, 2.24) is 0 Å². The Balaban J connectivity index is 1.31. The predicted octanol–water partition coefficient (Wildman–Crippen LogP) is 7.74. The average molecular weight is 497 g/mol. The molecule has 5 aliphatic carbocycles. The van der Waals surface area contributed by atoms with E-state index in [1.165, 1.54) is 56.9 Å². The van der Waals surface area contributed by atoms with E-state index in [9.17, 15) is 0 Å². The Bertz CT molecular complexity index is 1030. The molecule has 0 saturated heterocycles. The van der Waals surface area contributed by atoms with Gasteiger partial charge in [-0.1, -0.05) is 96.6 Å². The molecule has 8 unspecified atom stereocenters. The average Bonchev–Trinajstić information content (AvgIpc) is 2.95. The van der Waals surface area contributed by atoms with Gasteiger partial charge in [0.1, 0.15) is 0 Å². The summed E-state index contributed by atoms with van der Waals surface area (Å²) in [6.07, 6.45) is 42.1. The molecule has 0 aliphatic heterocycles. The van der Waals surface area contributed by atoms with Crippen LogP contribution in [-0.2, 0) is 0 Å². The zero-order valence-electron chi connectivity index (χ0n) is 22.9. The first-order chi connectivity index (χ1) is 18.2. The lowest BCUT2D eigenvalue weighted by molar-refractivity contribution is 0.0808. The highest BCUT2D eigenvalue weighted by molar-refractivity contribution is 5.43. The normalized spacial score (nSPS) is 35.5. The number of rotatable bonds is 9. The van der Waals surface area contributed by atoms with Gasteiger partial charge in [-0.15, -0.1) is 0 Å². The van der Waals surface area contributed by atoms with Gasteiger partial charge in [-0.2, -0.15) is 0 Å². The van der Waals surface area contributed by atoms with Gasteiger partial charge < -0.3 is 11.5 Å². The number of fused-ring (bicyclic) bond motifs is 2. The molecule has 0 aromatic heterocycles. The molecular formula is C35H48N2. The third-order valence-corrected chi connectivity index (χ3v) is 9.94. The van der Waals surface area contributed by atoms with Gasteiger partial charge in [0.2, 0.25) is 0 Å². The minimum atomic E-state index is 0.164. The van der Waals surface area contributed by atoms with Gasteiger partial charge in [-0.25, -0.2) is 0 Å². The van der Waals surface area contributed by atoms with Crippen LogP contribution in [0.1, 0.15) is 64.7 Å². The van der Waals surface area contributed by atoms with Crippen molar-refractivity contribution in [2.45, 2.75) is 70.8 Å². The van der Waals surface area contributed by atoms with Crippen LogP contribution in [0.2, 0.25) is 0 Å². The fourth-order valence-electron chi connectivity index (χ4n) is 8.12. The summed E-state index contributed by atoms with van der Waals surface area (Å²) in [4.78, 5) is 0. The summed E-state index contributed by atoms with van der Waals surface area (Å²) < 4.78 is 0. The Kier molecular flexibility index (Phi) is 9.00. The van der Waals surface area contributed by atoms with Crippen LogP contribution in [0, 0.1) is 41.4 Å². The zero-order valence-corrected chi connectivity index (χ0v) is 22.9. The first-order valence-electron chi connectivity index (χ1n) is 15.1. The van der Waals surface area contributed by atoms with Crippen molar-refractivity contribution in [3.63, 3.8) is 0 Å². The van der Waals surface area contributed by atoms with Crippen LogP contribution < -0.4 is 11.5 Å². The smallest absolute Gasteiger partial charge is 0.0258 e. The van der Waals surface area contributed by atoms with Crippen LogP contribution in [0.15, 0.2) is 95.7 Å². The predicted molar refractivity (Wildman–Crippen MR) is 159 cm³/mol. The van der Waals surface area contributed by atoms with E-state index in [0.29, 0.717) is 29.6 Å². The maximum atomic E-state index is 6.66. The minimum Gasteiger partial charge on any atom is -0.330 e. The molecule has 1 fully saturated rings. The number of allylic oxidation sites excluding steroid dienone is 15. The van der Waals surface area contributed by atoms with Gasteiger partial charge in [0.25, 0.3) is 0 Å². The zero-order chi connectivity index (χ0) is 25.6. The molecule has 0 bridgehead atoms. The van der Waals surface area contributed by atoms with Crippen LogP contribution >= 0.6 is 0 Å². The molecule has 0 aromatic carbocycles. The lowest BCUT2D eigenvalue weighted by Gasteiger charge is -2.49. The summed E-state index contributed by atoms with van der Waals surface area (Å²) >= 11 is 0. The van der Waals surface area contributed by atoms with Gasteiger partial charge in [-0.3, -0.25) is 0 Å². The molecule has 37 heavy (non-hydrogen) atoms. The number of unbranched alkanes of at least 4 members (excludes halogenated alkanes) is 2. The van der Waals surface area contributed by atoms with E-state index in [1.807, 2.05) is 0 Å². The van der Waals surface area contributed by atoms with Crippen molar-refractivity contribution in [3.8, 4) is 0 Å². The Morgan fingerprint density at radius 3 is 2.51 bits per heavy atom. The quantitative estimate of drug-likeness (QED) is 0.253. The van der Waals surface area contributed by atoms with Gasteiger partial charge >= 0.3 is 0 Å². The van der Waals surface area contributed by atoms with Crippen molar-refractivity contribution in [2.75, 3.05) is 6.54 Å². The molecule has 5 rings (SSSR count). The Hall–Kier alpha value is -2.16. The van der Waals surface area contributed by atoms with Gasteiger partial charge in [0.15, 0.2) is 0 Å². The molecule has 4 N–H and O–H groups in total. The van der Waals surface area contributed by atoms with Gasteiger partial charge in [0.05, 0.1) is 0 Å². The maximum absolute atomic E-state index is 6.66. The summed E-state index contributed by atoms with van der Waals surface area (Å²) in [5.74, 6) is 4.34. The summed E-state index contributed by atoms with van der Waals surface area (Å²) in [5, 5.41) is 0. The second-order valence-electron chi connectivity index (χ2n) is 12.0. The molecule has 0 radical (unpaired) electrons. The van der Waals surface area contributed by atoms with E-state index in [0.717, 1.165) is 24.8 Å².